The highest BCUT2D eigenvalue weighted by Gasteiger charge is 2.19. The van der Waals surface area contributed by atoms with Crippen molar-refractivity contribution in [1.29, 1.82) is 0 Å². The molecule has 4 rings (SSSR count). The first-order valence-corrected chi connectivity index (χ1v) is 10.5. The zero-order valence-corrected chi connectivity index (χ0v) is 16.9. The highest BCUT2D eigenvalue weighted by Crippen LogP contribution is 2.17. The Hall–Kier alpha value is -3.22. The number of rotatable bonds is 5. The number of fused-ring (bicyclic) bond motifs is 1. The molecule has 1 amide bonds. The number of hydrogen-bond donors (Lipinski definition) is 1. The molecule has 7 heteroatoms. The molecular formula is C23H26N4O3. The second-order valence-corrected chi connectivity index (χ2v) is 7.87. The Morgan fingerprint density at radius 2 is 1.63 bits per heavy atom. The Kier molecular flexibility index (Phi) is 6.07. The Bertz CT molecular complexity index is 1140. The van der Waals surface area contributed by atoms with Gasteiger partial charge in [0.25, 0.3) is 0 Å². The van der Waals surface area contributed by atoms with Crippen LogP contribution in [0, 0.1) is 0 Å². The summed E-state index contributed by atoms with van der Waals surface area (Å²) in [5.41, 5.74) is 0.395. The molecule has 1 aliphatic carbocycles. The molecule has 0 radical (unpaired) electrons. The monoisotopic (exact) mass is 406 g/mol. The van der Waals surface area contributed by atoms with Gasteiger partial charge in [-0.05, 0) is 30.5 Å². The summed E-state index contributed by atoms with van der Waals surface area (Å²) in [7, 11) is 0. The molecule has 0 aliphatic heterocycles. The van der Waals surface area contributed by atoms with E-state index in [0.717, 1.165) is 31.2 Å². The lowest BCUT2D eigenvalue weighted by atomic mass is 10.1. The number of nitrogens with zero attached hydrogens (tertiary/aromatic N) is 3. The van der Waals surface area contributed by atoms with E-state index < -0.39 is 11.1 Å². The fourth-order valence-electron chi connectivity index (χ4n) is 4.15. The van der Waals surface area contributed by atoms with Crippen LogP contribution in [0.15, 0.2) is 58.3 Å². The molecule has 0 spiro atoms. The smallest absolute Gasteiger partial charge is 0.318 e. The van der Waals surface area contributed by atoms with Crippen molar-refractivity contribution in [2.45, 2.75) is 57.7 Å². The minimum Gasteiger partial charge on any atom is -0.352 e. The van der Waals surface area contributed by atoms with E-state index in [-0.39, 0.29) is 25.0 Å². The van der Waals surface area contributed by atoms with Crippen LogP contribution in [0.25, 0.3) is 11.2 Å². The number of pyridine rings is 1. The van der Waals surface area contributed by atoms with Crippen LogP contribution < -0.4 is 16.4 Å². The van der Waals surface area contributed by atoms with Gasteiger partial charge in [-0.2, -0.15) is 0 Å². The van der Waals surface area contributed by atoms with Gasteiger partial charge in [-0.15, -0.1) is 0 Å². The maximum Gasteiger partial charge on any atom is 0.318 e. The molecule has 0 bridgehead atoms. The zero-order chi connectivity index (χ0) is 20.9. The minimum atomic E-state index is -0.706. The fourth-order valence-corrected chi connectivity index (χ4v) is 4.15. The quantitative estimate of drug-likeness (QED) is 0.521. The summed E-state index contributed by atoms with van der Waals surface area (Å²) in [6, 6.07) is 13.0. The van der Waals surface area contributed by atoms with Gasteiger partial charge in [-0.3, -0.25) is 23.5 Å². The van der Waals surface area contributed by atoms with Crippen molar-refractivity contribution < 1.29 is 4.79 Å². The molecule has 7 nitrogen and oxygen atoms in total. The first-order chi connectivity index (χ1) is 14.6. The fraction of sp³-hybridized carbons (Fsp3) is 0.391. The highest BCUT2D eigenvalue weighted by molar-refractivity contribution is 5.79. The van der Waals surface area contributed by atoms with Crippen molar-refractivity contribution in [2.75, 3.05) is 0 Å². The van der Waals surface area contributed by atoms with Gasteiger partial charge < -0.3 is 5.32 Å². The number of carbonyl (C=O) groups excluding carboxylic acids is 1. The van der Waals surface area contributed by atoms with Crippen LogP contribution in [-0.4, -0.2) is 26.1 Å². The van der Waals surface area contributed by atoms with Gasteiger partial charge in [0.1, 0.15) is 6.54 Å². The first-order valence-electron chi connectivity index (χ1n) is 10.5. The maximum atomic E-state index is 12.9. The predicted molar refractivity (Wildman–Crippen MR) is 115 cm³/mol. The lowest BCUT2D eigenvalue weighted by molar-refractivity contribution is -0.122. The number of nitrogens with one attached hydrogen (secondary N) is 1. The molecule has 30 heavy (non-hydrogen) atoms. The molecule has 0 atom stereocenters. The van der Waals surface area contributed by atoms with E-state index in [1.165, 1.54) is 22.0 Å². The van der Waals surface area contributed by atoms with Gasteiger partial charge in [-0.25, -0.2) is 4.98 Å². The molecule has 1 aliphatic rings. The Balaban J connectivity index is 1.66. The van der Waals surface area contributed by atoms with Gasteiger partial charge in [0.15, 0.2) is 5.65 Å². The molecule has 1 N–H and O–H groups in total. The number of carbonyl (C=O) groups is 1. The van der Waals surface area contributed by atoms with E-state index in [9.17, 15) is 14.4 Å². The second kappa shape index (κ2) is 9.07. The highest BCUT2D eigenvalue weighted by atomic mass is 16.2. The molecule has 0 unspecified atom stereocenters. The van der Waals surface area contributed by atoms with Crippen LogP contribution in [0.1, 0.15) is 44.1 Å². The number of aromatic nitrogens is 3. The van der Waals surface area contributed by atoms with Crippen LogP contribution in [-0.2, 0) is 17.9 Å². The summed E-state index contributed by atoms with van der Waals surface area (Å²) in [5, 5.41) is 3.05. The summed E-state index contributed by atoms with van der Waals surface area (Å²) in [4.78, 5) is 42.8. The van der Waals surface area contributed by atoms with Crippen molar-refractivity contribution in [3.05, 3.63) is 74.9 Å². The standard InChI is InChI=1S/C23H26N4O3/c28-20(25-18-11-6-1-2-7-12-18)16-26-19-13-8-14-24-21(19)27(23(30)22(26)29)15-17-9-4-3-5-10-17/h3-5,8-10,13-14,18H,1-2,6-7,11-12,15-16H2,(H,25,28). The van der Waals surface area contributed by atoms with Crippen LogP contribution in [0.2, 0.25) is 0 Å². The van der Waals surface area contributed by atoms with Crippen molar-refractivity contribution in [1.82, 2.24) is 19.4 Å². The largest absolute Gasteiger partial charge is 0.352 e. The molecule has 3 aromatic rings. The van der Waals surface area contributed by atoms with Gasteiger partial charge in [0.05, 0.1) is 12.1 Å². The molecular weight excluding hydrogens is 380 g/mol. The molecule has 1 aromatic carbocycles. The van der Waals surface area contributed by atoms with E-state index >= 15 is 0 Å². The van der Waals surface area contributed by atoms with Crippen LogP contribution in [0.5, 0.6) is 0 Å². The molecule has 156 valence electrons. The molecule has 1 saturated carbocycles. The minimum absolute atomic E-state index is 0.138. The third-order valence-corrected chi connectivity index (χ3v) is 5.69. The number of benzene rings is 1. The summed E-state index contributed by atoms with van der Waals surface area (Å²) in [6.07, 6.45) is 8.11. The zero-order valence-electron chi connectivity index (χ0n) is 16.9. The normalized spacial score (nSPS) is 15.1. The van der Waals surface area contributed by atoms with Crippen molar-refractivity contribution in [3.63, 3.8) is 0 Å². The van der Waals surface area contributed by atoms with Crippen molar-refractivity contribution in [3.8, 4) is 0 Å². The average molecular weight is 406 g/mol. The third kappa shape index (κ3) is 4.35. The summed E-state index contributed by atoms with van der Waals surface area (Å²) < 4.78 is 2.63. The lowest BCUT2D eigenvalue weighted by Crippen LogP contribution is -2.45. The average Bonchev–Trinajstić information content (AvgIpc) is 3.03. The lowest BCUT2D eigenvalue weighted by Gasteiger charge is -2.18. The van der Waals surface area contributed by atoms with E-state index in [0.29, 0.717) is 11.2 Å². The summed E-state index contributed by atoms with van der Waals surface area (Å²) in [5.74, 6) is -0.241. The van der Waals surface area contributed by atoms with E-state index in [4.69, 9.17) is 0 Å². The van der Waals surface area contributed by atoms with Crippen LogP contribution >= 0.6 is 0 Å². The second-order valence-electron chi connectivity index (χ2n) is 7.87. The summed E-state index contributed by atoms with van der Waals surface area (Å²) >= 11 is 0. The van der Waals surface area contributed by atoms with E-state index in [1.807, 2.05) is 30.3 Å². The van der Waals surface area contributed by atoms with Gasteiger partial charge in [0, 0.05) is 12.2 Å². The number of hydrogen-bond acceptors (Lipinski definition) is 4. The molecule has 2 aromatic heterocycles. The van der Waals surface area contributed by atoms with Crippen LogP contribution in [0.3, 0.4) is 0 Å². The predicted octanol–water partition coefficient (Wildman–Crippen LogP) is 2.45. The number of amides is 1. The third-order valence-electron chi connectivity index (χ3n) is 5.69. The summed E-state index contributed by atoms with van der Waals surface area (Å²) in [6.45, 7) is 0.0660. The molecule has 1 fully saturated rings. The van der Waals surface area contributed by atoms with Crippen molar-refractivity contribution in [2.24, 2.45) is 0 Å². The molecule has 0 saturated heterocycles. The SMILES string of the molecule is O=C(Cn1c(=O)c(=O)n(Cc2ccccc2)c2ncccc21)NC1CCCCCC1. The maximum absolute atomic E-state index is 12.9. The van der Waals surface area contributed by atoms with E-state index in [1.54, 1.807) is 18.3 Å². The Morgan fingerprint density at radius 1 is 0.933 bits per heavy atom. The first kappa shape index (κ1) is 20.1. The van der Waals surface area contributed by atoms with Gasteiger partial charge >= 0.3 is 11.1 Å². The van der Waals surface area contributed by atoms with Gasteiger partial charge in [-0.1, -0.05) is 56.0 Å². The topological polar surface area (TPSA) is 86.0 Å². The van der Waals surface area contributed by atoms with Gasteiger partial charge in [0.2, 0.25) is 5.91 Å². The van der Waals surface area contributed by atoms with Crippen molar-refractivity contribution >= 4 is 17.1 Å². The van der Waals surface area contributed by atoms with E-state index in [2.05, 4.69) is 10.3 Å². The Morgan fingerprint density at radius 3 is 2.37 bits per heavy atom. The van der Waals surface area contributed by atoms with Crippen LogP contribution in [0.4, 0.5) is 0 Å². The molecule has 2 heterocycles. The Labute approximate surface area is 174 Å².